The molecular formula is C13H19ClN2O4S. The maximum atomic E-state index is 11.6. The van der Waals surface area contributed by atoms with Crippen LogP contribution in [-0.4, -0.2) is 49.1 Å². The van der Waals surface area contributed by atoms with Gasteiger partial charge in [0.1, 0.15) is 12.4 Å². The first-order valence-corrected chi connectivity index (χ1v) is 8.39. The van der Waals surface area contributed by atoms with E-state index >= 15 is 0 Å². The number of carbonyl (C=O) groups is 1. The summed E-state index contributed by atoms with van der Waals surface area (Å²) in [5.41, 5.74) is 0.550. The molecule has 0 aliphatic heterocycles. The minimum absolute atomic E-state index is 0.348. The highest BCUT2D eigenvalue weighted by atomic mass is 35.5. The first-order valence-electron chi connectivity index (χ1n) is 6.29. The Balaban J connectivity index is 2.47. The summed E-state index contributed by atoms with van der Waals surface area (Å²) in [6.07, 6.45) is 1.58. The SMILES string of the molecule is COCCOc1ccc(NC(=O)NCC[S@@](C)=O)cc1Cl. The van der Waals surface area contributed by atoms with E-state index in [1.807, 2.05) is 0 Å². The van der Waals surface area contributed by atoms with Gasteiger partial charge in [0.2, 0.25) is 0 Å². The molecule has 21 heavy (non-hydrogen) atoms. The molecule has 118 valence electrons. The van der Waals surface area contributed by atoms with E-state index < -0.39 is 10.8 Å². The van der Waals surface area contributed by atoms with Gasteiger partial charge in [-0.25, -0.2) is 4.79 Å². The minimum Gasteiger partial charge on any atom is -0.490 e. The normalized spacial score (nSPS) is 11.8. The first kappa shape index (κ1) is 17.7. The maximum Gasteiger partial charge on any atom is 0.319 e. The van der Waals surface area contributed by atoms with Gasteiger partial charge < -0.3 is 20.1 Å². The van der Waals surface area contributed by atoms with E-state index in [9.17, 15) is 9.00 Å². The quantitative estimate of drug-likeness (QED) is 0.711. The number of rotatable bonds is 8. The standard InChI is InChI=1S/C13H19ClN2O4S/c1-19-6-7-20-12-4-3-10(9-11(12)14)16-13(17)15-5-8-21(2)18/h3-4,9H,5-8H2,1-2H3,(H2,15,16,17)/t21-/m1/s1. The molecule has 0 radical (unpaired) electrons. The third-order valence-electron chi connectivity index (χ3n) is 2.41. The second kappa shape index (κ2) is 9.59. The molecule has 0 spiro atoms. The predicted molar refractivity (Wildman–Crippen MR) is 84.8 cm³/mol. The molecule has 0 aliphatic rings. The summed E-state index contributed by atoms with van der Waals surface area (Å²) < 4.78 is 21.2. The fourth-order valence-corrected chi connectivity index (χ4v) is 2.04. The lowest BCUT2D eigenvalue weighted by molar-refractivity contribution is 0.146. The number of anilines is 1. The zero-order valence-electron chi connectivity index (χ0n) is 12.0. The van der Waals surface area contributed by atoms with E-state index in [0.29, 0.717) is 42.0 Å². The molecule has 0 unspecified atom stereocenters. The smallest absolute Gasteiger partial charge is 0.319 e. The van der Waals surface area contributed by atoms with E-state index in [1.54, 1.807) is 31.6 Å². The second-order valence-electron chi connectivity index (χ2n) is 4.14. The van der Waals surface area contributed by atoms with E-state index in [1.165, 1.54) is 0 Å². The Bertz CT molecular complexity index is 499. The number of hydrogen-bond acceptors (Lipinski definition) is 4. The van der Waals surface area contributed by atoms with Crippen LogP contribution in [0.25, 0.3) is 0 Å². The number of ether oxygens (including phenoxy) is 2. The Labute approximate surface area is 131 Å². The summed E-state index contributed by atoms with van der Waals surface area (Å²) in [4.78, 5) is 11.6. The van der Waals surface area contributed by atoms with Crippen LogP contribution in [0.4, 0.5) is 10.5 Å². The van der Waals surface area contributed by atoms with Crippen molar-refractivity contribution < 1.29 is 18.5 Å². The van der Waals surface area contributed by atoms with Crippen LogP contribution in [0.5, 0.6) is 5.75 Å². The van der Waals surface area contributed by atoms with Gasteiger partial charge in [0, 0.05) is 42.2 Å². The van der Waals surface area contributed by atoms with Crippen molar-refractivity contribution >= 4 is 34.1 Å². The first-order chi connectivity index (χ1) is 10.0. The number of nitrogens with one attached hydrogen (secondary N) is 2. The van der Waals surface area contributed by atoms with Gasteiger partial charge in [0.25, 0.3) is 0 Å². The topological polar surface area (TPSA) is 76.7 Å². The molecule has 0 heterocycles. The molecule has 0 saturated carbocycles. The van der Waals surface area contributed by atoms with Gasteiger partial charge >= 0.3 is 6.03 Å². The Morgan fingerprint density at radius 3 is 2.76 bits per heavy atom. The van der Waals surface area contributed by atoms with Crippen LogP contribution in [0.15, 0.2) is 18.2 Å². The molecule has 0 saturated heterocycles. The molecular weight excluding hydrogens is 316 g/mol. The highest BCUT2D eigenvalue weighted by Gasteiger charge is 2.06. The molecule has 0 bridgehead atoms. The van der Waals surface area contributed by atoms with Gasteiger partial charge in [0.15, 0.2) is 0 Å². The van der Waals surface area contributed by atoms with Crippen molar-refractivity contribution in [2.24, 2.45) is 0 Å². The summed E-state index contributed by atoms with van der Waals surface area (Å²) in [5, 5.41) is 5.64. The number of hydrogen-bond donors (Lipinski definition) is 2. The highest BCUT2D eigenvalue weighted by molar-refractivity contribution is 7.84. The van der Waals surface area contributed by atoms with Crippen molar-refractivity contribution in [3.05, 3.63) is 23.2 Å². The largest absolute Gasteiger partial charge is 0.490 e. The highest BCUT2D eigenvalue weighted by Crippen LogP contribution is 2.27. The average molecular weight is 335 g/mol. The molecule has 0 fully saturated rings. The lowest BCUT2D eigenvalue weighted by atomic mass is 10.3. The van der Waals surface area contributed by atoms with Crippen molar-refractivity contribution in [2.45, 2.75) is 0 Å². The molecule has 6 nitrogen and oxygen atoms in total. The Kier molecular flexibility index (Phi) is 8.11. The monoisotopic (exact) mass is 334 g/mol. The summed E-state index contributed by atoms with van der Waals surface area (Å²) in [6, 6.07) is 4.59. The summed E-state index contributed by atoms with van der Waals surface area (Å²) >= 11 is 6.06. The van der Waals surface area contributed by atoms with Gasteiger partial charge in [-0.3, -0.25) is 4.21 Å². The van der Waals surface area contributed by atoms with Crippen LogP contribution in [0.3, 0.4) is 0 Å². The van der Waals surface area contributed by atoms with Gasteiger partial charge in [0.05, 0.1) is 11.6 Å². The summed E-state index contributed by atoms with van der Waals surface area (Å²) in [6.45, 7) is 1.22. The molecule has 1 rings (SSSR count). The fraction of sp³-hybridized carbons (Fsp3) is 0.462. The Morgan fingerprint density at radius 1 is 1.38 bits per heavy atom. The maximum absolute atomic E-state index is 11.6. The summed E-state index contributed by atoms with van der Waals surface area (Å²) in [7, 11) is 0.658. The number of amides is 2. The van der Waals surface area contributed by atoms with Crippen molar-refractivity contribution in [1.82, 2.24) is 5.32 Å². The predicted octanol–water partition coefficient (Wildman–Crippen LogP) is 1.87. The van der Waals surface area contributed by atoms with Crippen molar-refractivity contribution in [2.75, 3.05) is 44.2 Å². The molecule has 0 aliphatic carbocycles. The minimum atomic E-state index is -0.930. The van der Waals surface area contributed by atoms with Crippen molar-refractivity contribution in [1.29, 1.82) is 0 Å². The third kappa shape index (κ3) is 7.31. The second-order valence-corrected chi connectivity index (χ2v) is 6.11. The van der Waals surface area contributed by atoms with Crippen LogP contribution in [-0.2, 0) is 15.5 Å². The van der Waals surface area contributed by atoms with Crippen LogP contribution >= 0.6 is 11.6 Å². The summed E-state index contributed by atoms with van der Waals surface area (Å²) in [5.74, 6) is 0.946. The zero-order chi connectivity index (χ0) is 15.7. The van der Waals surface area contributed by atoms with Gasteiger partial charge in [-0.15, -0.1) is 0 Å². The van der Waals surface area contributed by atoms with Crippen LogP contribution in [0.1, 0.15) is 0 Å². The zero-order valence-corrected chi connectivity index (χ0v) is 13.6. The average Bonchev–Trinajstić information content (AvgIpc) is 2.41. The molecule has 2 N–H and O–H groups in total. The Morgan fingerprint density at radius 2 is 2.14 bits per heavy atom. The van der Waals surface area contributed by atoms with E-state index in [0.717, 1.165) is 0 Å². The molecule has 2 amide bonds. The van der Waals surface area contributed by atoms with Crippen molar-refractivity contribution in [3.63, 3.8) is 0 Å². The number of methoxy groups -OCH3 is 1. The third-order valence-corrected chi connectivity index (χ3v) is 3.48. The van der Waals surface area contributed by atoms with Crippen LogP contribution in [0.2, 0.25) is 5.02 Å². The van der Waals surface area contributed by atoms with Gasteiger partial charge in [-0.2, -0.15) is 0 Å². The van der Waals surface area contributed by atoms with E-state index in [4.69, 9.17) is 21.1 Å². The number of urea groups is 1. The molecule has 1 atom stereocenters. The van der Waals surface area contributed by atoms with Gasteiger partial charge in [-0.1, -0.05) is 11.6 Å². The molecule has 8 heteroatoms. The van der Waals surface area contributed by atoms with E-state index in [2.05, 4.69) is 10.6 Å². The molecule has 1 aromatic rings. The number of benzene rings is 1. The van der Waals surface area contributed by atoms with Crippen LogP contribution < -0.4 is 15.4 Å². The van der Waals surface area contributed by atoms with Crippen molar-refractivity contribution in [3.8, 4) is 5.75 Å². The lowest BCUT2D eigenvalue weighted by Crippen LogP contribution is -2.31. The fourth-order valence-electron chi connectivity index (χ4n) is 1.41. The Hall–Kier alpha value is -1.31. The molecule has 0 aromatic heterocycles. The number of halogens is 1. The van der Waals surface area contributed by atoms with Gasteiger partial charge in [-0.05, 0) is 18.2 Å². The lowest BCUT2D eigenvalue weighted by Gasteiger charge is -2.10. The number of carbonyl (C=O) groups excluding carboxylic acids is 1. The van der Waals surface area contributed by atoms with Crippen LogP contribution in [0, 0.1) is 0 Å². The van der Waals surface area contributed by atoms with E-state index in [-0.39, 0.29) is 6.03 Å². The molecule has 1 aromatic carbocycles.